The van der Waals surface area contributed by atoms with Crippen molar-refractivity contribution in [1.82, 2.24) is 9.80 Å². The minimum atomic E-state index is 0.279. The van der Waals surface area contributed by atoms with Crippen LogP contribution in [0.25, 0.3) is 0 Å². The van der Waals surface area contributed by atoms with Crippen molar-refractivity contribution in [2.24, 2.45) is 0 Å². The molecule has 1 saturated heterocycles. The first-order valence-electron chi connectivity index (χ1n) is 7.94. The number of thiophene rings is 1. The summed E-state index contributed by atoms with van der Waals surface area (Å²) in [6, 6.07) is 12.5. The zero-order chi connectivity index (χ0) is 15.9. The molecule has 2 aromatic rings. The van der Waals surface area contributed by atoms with Crippen molar-refractivity contribution in [3.05, 3.63) is 58.3 Å². The first-order chi connectivity index (χ1) is 11.3. The summed E-state index contributed by atoms with van der Waals surface area (Å²) in [6.45, 7) is 4.67. The fourth-order valence-corrected chi connectivity index (χ4v) is 4.27. The van der Waals surface area contributed by atoms with E-state index in [0.29, 0.717) is 5.75 Å². The van der Waals surface area contributed by atoms with Gasteiger partial charge in [0.1, 0.15) is 0 Å². The highest BCUT2D eigenvalue weighted by atomic mass is 32.2. The monoisotopic (exact) mass is 346 g/mol. The van der Waals surface area contributed by atoms with Crippen LogP contribution in [0.1, 0.15) is 11.1 Å². The van der Waals surface area contributed by atoms with Gasteiger partial charge >= 0.3 is 0 Å². The lowest BCUT2D eigenvalue weighted by Crippen LogP contribution is -2.48. The Labute approximate surface area is 146 Å². The van der Waals surface area contributed by atoms with Crippen molar-refractivity contribution in [1.29, 1.82) is 0 Å². The van der Waals surface area contributed by atoms with Gasteiger partial charge in [-0.2, -0.15) is 11.3 Å². The highest BCUT2D eigenvalue weighted by Crippen LogP contribution is 2.15. The van der Waals surface area contributed by atoms with Gasteiger partial charge in [0.15, 0.2) is 0 Å². The number of piperazine rings is 1. The van der Waals surface area contributed by atoms with E-state index < -0.39 is 0 Å². The topological polar surface area (TPSA) is 23.6 Å². The van der Waals surface area contributed by atoms with Gasteiger partial charge in [-0.1, -0.05) is 30.3 Å². The Balaban J connectivity index is 1.36. The Hall–Kier alpha value is -1.30. The molecule has 0 spiro atoms. The number of hydrogen-bond acceptors (Lipinski definition) is 4. The van der Waals surface area contributed by atoms with Gasteiger partial charge in [-0.15, -0.1) is 11.8 Å². The summed E-state index contributed by atoms with van der Waals surface area (Å²) in [7, 11) is 0. The van der Waals surface area contributed by atoms with E-state index in [9.17, 15) is 4.79 Å². The summed E-state index contributed by atoms with van der Waals surface area (Å²) in [5, 5.41) is 4.33. The maximum absolute atomic E-state index is 12.3. The number of rotatable bonds is 6. The second kappa shape index (κ2) is 8.52. The van der Waals surface area contributed by atoms with E-state index in [4.69, 9.17) is 0 Å². The summed E-state index contributed by atoms with van der Waals surface area (Å²) < 4.78 is 0. The van der Waals surface area contributed by atoms with Crippen LogP contribution in [0.5, 0.6) is 0 Å². The molecule has 1 aliphatic heterocycles. The molecule has 1 aromatic carbocycles. The van der Waals surface area contributed by atoms with Crippen molar-refractivity contribution in [3.8, 4) is 0 Å². The Kier molecular flexibility index (Phi) is 6.13. The molecular formula is C18H22N2OS2. The van der Waals surface area contributed by atoms with Gasteiger partial charge in [0.25, 0.3) is 0 Å². The fourth-order valence-electron chi connectivity index (χ4n) is 2.72. The Bertz CT molecular complexity index is 593. The van der Waals surface area contributed by atoms with Crippen LogP contribution < -0.4 is 0 Å². The maximum atomic E-state index is 12.3. The van der Waals surface area contributed by atoms with Crippen molar-refractivity contribution in [2.75, 3.05) is 31.9 Å². The Morgan fingerprint density at radius 3 is 2.52 bits per heavy atom. The molecule has 0 bridgehead atoms. The smallest absolute Gasteiger partial charge is 0.232 e. The van der Waals surface area contributed by atoms with Crippen LogP contribution in [0.3, 0.4) is 0 Å². The van der Waals surface area contributed by atoms with Crippen LogP contribution in [-0.2, 0) is 17.1 Å². The van der Waals surface area contributed by atoms with Crippen LogP contribution in [-0.4, -0.2) is 47.6 Å². The van der Waals surface area contributed by atoms with E-state index >= 15 is 0 Å². The highest BCUT2D eigenvalue weighted by Gasteiger charge is 2.20. The first-order valence-corrected chi connectivity index (χ1v) is 10.0. The molecule has 5 heteroatoms. The van der Waals surface area contributed by atoms with E-state index in [1.165, 1.54) is 11.1 Å². The molecule has 1 aromatic heterocycles. The molecule has 3 nitrogen and oxygen atoms in total. The van der Waals surface area contributed by atoms with E-state index in [-0.39, 0.29) is 5.91 Å². The number of nitrogens with zero attached hydrogens (tertiary/aromatic N) is 2. The molecule has 0 atom stereocenters. The third kappa shape index (κ3) is 5.09. The minimum Gasteiger partial charge on any atom is -0.339 e. The summed E-state index contributed by atoms with van der Waals surface area (Å²) in [5.41, 5.74) is 2.67. The molecule has 0 unspecified atom stereocenters. The van der Waals surface area contributed by atoms with E-state index in [1.54, 1.807) is 23.1 Å². The lowest BCUT2D eigenvalue weighted by Gasteiger charge is -2.34. The predicted octanol–water partition coefficient (Wildman–Crippen LogP) is 3.33. The summed E-state index contributed by atoms with van der Waals surface area (Å²) in [5.74, 6) is 1.77. The third-order valence-electron chi connectivity index (χ3n) is 4.05. The number of benzene rings is 1. The van der Waals surface area contributed by atoms with Crippen LogP contribution in [0, 0.1) is 0 Å². The SMILES string of the molecule is O=C(CSCc1ccccc1)N1CCN(Cc2ccsc2)CC1. The average Bonchev–Trinajstić information content (AvgIpc) is 3.09. The molecule has 23 heavy (non-hydrogen) atoms. The van der Waals surface area contributed by atoms with E-state index in [1.807, 2.05) is 23.1 Å². The Morgan fingerprint density at radius 1 is 1.04 bits per heavy atom. The van der Waals surface area contributed by atoms with Crippen molar-refractivity contribution < 1.29 is 4.79 Å². The second-order valence-electron chi connectivity index (χ2n) is 5.77. The van der Waals surface area contributed by atoms with Crippen LogP contribution in [0.15, 0.2) is 47.2 Å². The standard InChI is InChI=1S/C18H22N2OS2/c21-18(15-23-13-16-4-2-1-3-5-16)20-9-7-19(8-10-20)12-17-6-11-22-14-17/h1-6,11,14H,7-10,12-13,15H2. The average molecular weight is 347 g/mol. The molecule has 1 aliphatic rings. The van der Waals surface area contributed by atoms with Gasteiger partial charge in [-0.05, 0) is 28.0 Å². The summed E-state index contributed by atoms with van der Waals surface area (Å²) >= 11 is 3.46. The lowest BCUT2D eigenvalue weighted by molar-refractivity contribution is -0.130. The summed E-state index contributed by atoms with van der Waals surface area (Å²) in [4.78, 5) is 16.7. The molecular weight excluding hydrogens is 324 g/mol. The number of carbonyl (C=O) groups excluding carboxylic acids is 1. The third-order valence-corrected chi connectivity index (χ3v) is 5.77. The Morgan fingerprint density at radius 2 is 1.83 bits per heavy atom. The van der Waals surface area contributed by atoms with E-state index in [0.717, 1.165) is 38.5 Å². The lowest BCUT2D eigenvalue weighted by atomic mass is 10.2. The van der Waals surface area contributed by atoms with Crippen LogP contribution in [0.2, 0.25) is 0 Å². The molecule has 2 heterocycles. The number of hydrogen-bond donors (Lipinski definition) is 0. The number of thioether (sulfide) groups is 1. The highest BCUT2D eigenvalue weighted by molar-refractivity contribution is 7.99. The largest absolute Gasteiger partial charge is 0.339 e. The first kappa shape index (κ1) is 16.6. The van der Waals surface area contributed by atoms with Crippen molar-refractivity contribution in [3.63, 3.8) is 0 Å². The zero-order valence-corrected chi connectivity index (χ0v) is 14.8. The molecule has 122 valence electrons. The fraction of sp³-hybridized carbons (Fsp3) is 0.389. The van der Waals surface area contributed by atoms with Gasteiger partial charge in [-0.25, -0.2) is 0 Å². The number of amides is 1. The van der Waals surface area contributed by atoms with Gasteiger partial charge < -0.3 is 4.90 Å². The second-order valence-corrected chi connectivity index (χ2v) is 7.53. The van der Waals surface area contributed by atoms with Gasteiger partial charge in [0.2, 0.25) is 5.91 Å². The molecule has 0 N–H and O–H groups in total. The zero-order valence-electron chi connectivity index (χ0n) is 13.2. The summed E-state index contributed by atoms with van der Waals surface area (Å²) in [6.07, 6.45) is 0. The normalized spacial score (nSPS) is 15.7. The molecule has 0 saturated carbocycles. The quantitative estimate of drug-likeness (QED) is 0.802. The van der Waals surface area contributed by atoms with E-state index in [2.05, 4.69) is 33.9 Å². The van der Waals surface area contributed by atoms with Gasteiger partial charge in [0, 0.05) is 38.5 Å². The maximum Gasteiger partial charge on any atom is 0.232 e. The van der Waals surface area contributed by atoms with Crippen molar-refractivity contribution >= 4 is 29.0 Å². The van der Waals surface area contributed by atoms with Gasteiger partial charge in [0.05, 0.1) is 5.75 Å². The minimum absolute atomic E-state index is 0.279. The number of carbonyl (C=O) groups is 1. The van der Waals surface area contributed by atoms with Crippen molar-refractivity contribution in [2.45, 2.75) is 12.3 Å². The molecule has 1 fully saturated rings. The molecule has 0 radical (unpaired) electrons. The van der Waals surface area contributed by atoms with Crippen LogP contribution >= 0.6 is 23.1 Å². The molecule has 0 aliphatic carbocycles. The molecule has 1 amide bonds. The predicted molar refractivity (Wildman–Crippen MR) is 98.8 cm³/mol. The van der Waals surface area contributed by atoms with Gasteiger partial charge in [-0.3, -0.25) is 9.69 Å². The molecule has 3 rings (SSSR count). The van der Waals surface area contributed by atoms with Crippen LogP contribution in [0.4, 0.5) is 0 Å².